The standard InChI is InChI=1S/C20H29N3O2/c1-14-15(2)21-19-7-5-4-6-18(19)20(14)22-16-8-10-23(11-9-16)12-17(24)13-25-3/h4-7,16-17,24H,8-13H2,1-3H3,(H,21,22). The monoisotopic (exact) mass is 343 g/mol. The van der Waals surface area contributed by atoms with Gasteiger partial charge in [0.05, 0.1) is 18.2 Å². The average Bonchev–Trinajstić information content (AvgIpc) is 2.60. The number of anilines is 1. The van der Waals surface area contributed by atoms with Gasteiger partial charge in [-0.1, -0.05) is 18.2 Å². The maximum absolute atomic E-state index is 9.90. The van der Waals surface area contributed by atoms with E-state index in [1.807, 2.05) is 6.07 Å². The Balaban J connectivity index is 1.66. The fraction of sp³-hybridized carbons (Fsp3) is 0.550. The molecule has 136 valence electrons. The summed E-state index contributed by atoms with van der Waals surface area (Å²) in [6.45, 7) is 7.32. The third-order valence-corrected chi connectivity index (χ3v) is 5.14. The number of nitrogens with zero attached hydrogens (tertiary/aromatic N) is 2. The molecule has 25 heavy (non-hydrogen) atoms. The Morgan fingerprint density at radius 1 is 1.28 bits per heavy atom. The summed E-state index contributed by atoms with van der Waals surface area (Å²) in [7, 11) is 1.63. The van der Waals surface area contributed by atoms with E-state index < -0.39 is 6.10 Å². The molecule has 1 unspecified atom stereocenters. The maximum atomic E-state index is 9.90. The molecule has 0 amide bonds. The summed E-state index contributed by atoms with van der Waals surface area (Å²) in [6, 6.07) is 8.79. The van der Waals surface area contributed by atoms with Gasteiger partial charge in [-0.15, -0.1) is 0 Å². The quantitative estimate of drug-likeness (QED) is 0.845. The first-order valence-electron chi connectivity index (χ1n) is 9.10. The minimum absolute atomic E-state index is 0.399. The van der Waals surface area contributed by atoms with Crippen LogP contribution in [0.15, 0.2) is 24.3 Å². The van der Waals surface area contributed by atoms with E-state index in [1.165, 1.54) is 16.6 Å². The number of rotatable bonds is 6. The second-order valence-corrected chi connectivity index (χ2v) is 7.04. The van der Waals surface area contributed by atoms with Gasteiger partial charge in [0.1, 0.15) is 0 Å². The molecule has 0 bridgehead atoms. The van der Waals surface area contributed by atoms with E-state index in [-0.39, 0.29) is 0 Å². The zero-order valence-corrected chi connectivity index (χ0v) is 15.5. The summed E-state index contributed by atoms with van der Waals surface area (Å²) in [5.41, 5.74) is 4.59. The van der Waals surface area contributed by atoms with Crippen LogP contribution in [0.3, 0.4) is 0 Å². The van der Waals surface area contributed by atoms with Crippen molar-refractivity contribution in [2.75, 3.05) is 38.7 Å². The Kier molecular flexibility index (Phi) is 5.89. The van der Waals surface area contributed by atoms with Crippen molar-refractivity contribution in [2.24, 2.45) is 0 Å². The SMILES string of the molecule is COCC(O)CN1CCC(Nc2c(C)c(C)nc3ccccc23)CC1. The number of β-amino-alcohol motifs (C(OH)–C–C–N with tert-alkyl or cyclic N) is 1. The molecule has 0 radical (unpaired) electrons. The number of aliphatic hydroxyl groups excluding tert-OH is 1. The van der Waals surface area contributed by atoms with Crippen LogP contribution in [0, 0.1) is 13.8 Å². The van der Waals surface area contributed by atoms with Crippen molar-refractivity contribution in [3.05, 3.63) is 35.5 Å². The lowest BCUT2D eigenvalue weighted by molar-refractivity contribution is 0.0327. The van der Waals surface area contributed by atoms with Gasteiger partial charge < -0.3 is 20.1 Å². The summed E-state index contributed by atoms with van der Waals surface area (Å²) >= 11 is 0. The van der Waals surface area contributed by atoms with Crippen LogP contribution >= 0.6 is 0 Å². The highest BCUT2D eigenvalue weighted by Crippen LogP contribution is 2.29. The van der Waals surface area contributed by atoms with Crippen molar-refractivity contribution >= 4 is 16.6 Å². The minimum atomic E-state index is -0.399. The number of hydrogen-bond acceptors (Lipinski definition) is 5. The van der Waals surface area contributed by atoms with Crippen molar-refractivity contribution in [2.45, 2.75) is 38.8 Å². The van der Waals surface area contributed by atoms with Gasteiger partial charge in [-0.3, -0.25) is 4.98 Å². The number of aliphatic hydroxyl groups is 1. The average molecular weight is 343 g/mol. The molecule has 0 aliphatic carbocycles. The molecule has 0 spiro atoms. The molecule has 2 N–H and O–H groups in total. The normalized spacial score (nSPS) is 17.8. The van der Waals surface area contributed by atoms with E-state index in [0.29, 0.717) is 19.2 Å². The van der Waals surface area contributed by atoms with Gasteiger partial charge in [0.25, 0.3) is 0 Å². The van der Waals surface area contributed by atoms with Gasteiger partial charge in [0, 0.05) is 49.6 Å². The number of fused-ring (bicyclic) bond motifs is 1. The third-order valence-electron chi connectivity index (χ3n) is 5.14. The number of para-hydroxylation sites is 1. The number of benzene rings is 1. The molecule has 1 aromatic heterocycles. The van der Waals surface area contributed by atoms with Crippen LogP contribution in [0.5, 0.6) is 0 Å². The predicted octanol–water partition coefficient (Wildman–Crippen LogP) is 2.74. The molecular formula is C20H29N3O2. The highest BCUT2D eigenvalue weighted by atomic mass is 16.5. The van der Waals surface area contributed by atoms with Gasteiger partial charge in [0.2, 0.25) is 0 Å². The minimum Gasteiger partial charge on any atom is -0.389 e. The molecule has 1 aliphatic heterocycles. The van der Waals surface area contributed by atoms with E-state index >= 15 is 0 Å². The molecule has 1 saturated heterocycles. The number of pyridine rings is 1. The molecular weight excluding hydrogens is 314 g/mol. The van der Waals surface area contributed by atoms with Gasteiger partial charge in [0.15, 0.2) is 0 Å². The topological polar surface area (TPSA) is 57.6 Å². The first-order chi connectivity index (χ1) is 12.1. The van der Waals surface area contributed by atoms with Crippen LogP contribution < -0.4 is 5.32 Å². The molecule has 2 aromatic rings. The van der Waals surface area contributed by atoms with E-state index in [2.05, 4.69) is 42.3 Å². The fourth-order valence-corrected chi connectivity index (χ4v) is 3.62. The molecule has 5 nitrogen and oxygen atoms in total. The van der Waals surface area contributed by atoms with Crippen molar-refractivity contribution in [1.82, 2.24) is 9.88 Å². The van der Waals surface area contributed by atoms with Crippen LogP contribution in [0.1, 0.15) is 24.1 Å². The molecule has 3 rings (SSSR count). The van der Waals surface area contributed by atoms with Gasteiger partial charge in [-0.2, -0.15) is 0 Å². The Morgan fingerprint density at radius 3 is 2.72 bits per heavy atom. The number of piperidine rings is 1. The largest absolute Gasteiger partial charge is 0.389 e. The number of nitrogens with one attached hydrogen (secondary N) is 1. The first-order valence-corrected chi connectivity index (χ1v) is 9.10. The van der Waals surface area contributed by atoms with Crippen molar-refractivity contribution in [1.29, 1.82) is 0 Å². The summed E-state index contributed by atoms with van der Waals surface area (Å²) in [4.78, 5) is 7.03. The van der Waals surface area contributed by atoms with Gasteiger partial charge in [-0.25, -0.2) is 0 Å². The summed E-state index contributed by atoms with van der Waals surface area (Å²) < 4.78 is 5.02. The van der Waals surface area contributed by atoms with E-state index in [9.17, 15) is 5.11 Å². The Bertz CT molecular complexity index is 711. The number of aryl methyl sites for hydroxylation is 1. The van der Waals surface area contributed by atoms with Crippen molar-refractivity contribution in [3.8, 4) is 0 Å². The Morgan fingerprint density at radius 2 is 2.00 bits per heavy atom. The lowest BCUT2D eigenvalue weighted by Gasteiger charge is -2.34. The number of methoxy groups -OCH3 is 1. The third kappa shape index (κ3) is 4.29. The highest BCUT2D eigenvalue weighted by molar-refractivity contribution is 5.93. The molecule has 0 saturated carbocycles. The summed E-state index contributed by atoms with van der Waals surface area (Å²) in [6.07, 6.45) is 1.76. The Labute approximate surface area is 150 Å². The second kappa shape index (κ2) is 8.13. The predicted molar refractivity (Wildman–Crippen MR) is 102 cm³/mol. The van der Waals surface area contributed by atoms with Crippen LogP contribution in [0.25, 0.3) is 10.9 Å². The molecule has 1 fully saturated rings. The summed E-state index contributed by atoms with van der Waals surface area (Å²) in [5, 5.41) is 14.9. The second-order valence-electron chi connectivity index (χ2n) is 7.04. The lowest BCUT2D eigenvalue weighted by atomic mass is 10.0. The highest BCUT2D eigenvalue weighted by Gasteiger charge is 2.22. The lowest BCUT2D eigenvalue weighted by Crippen LogP contribution is -2.43. The van der Waals surface area contributed by atoms with E-state index in [0.717, 1.165) is 37.1 Å². The van der Waals surface area contributed by atoms with Gasteiger partial charge >= 0.3 is 0 Å². The Hall–Kier alpha value is -1.69. The summed E-state index contributed by atoms with van der Waals surface area (Å²) in [5.74, 6) is 0. The maximum Gasteiger partial charge on any atom is 0.0900 e. The van der Waals surface area contributed by atoms with Crippen molar-refractivity contribution in [3.63, 3.8) is 0 Å². The number of likely N-dealkylation sites (tertiary alicyclic amines) is 1. The van der Waals surface area contributed by atoms with Gasteiger partial charge in [-0.05, 0) is 38.3 Å². The fourth-order valence-electron chi connectivity index (χ4n) is 3.62. The number of hydrogen-bond donors (Lipinski definition) is 2. The molecule has 1 aliphatic rings. The zero-order valence-electron chi connectivity index (χ0n) is 15.5. The number of aromatic nitrogens is 1. The van der Waals surface area contributed by atoms with E-state index in [4.69, 9.17) is 9.72 Å². The van der Waals surface area contributed by atoms with Crippen LogP contribution in [0.4, 0.5) is 5.69 Å². The molecule has 1 aromatic carbocycles. The molecule has 2 heterocycles. The smallest absolute Gasteiger partial charge is 0.0900 e. The molecule has 1 atom stereocenters. The molecule has 5 heteroatoms. The van der Waals surface area contributed by atoms with Crippen LogP contribution in [-0.4, -0.2) is 60.5 Å². The van der Waals surface area contributed by atoms with Crippen LogP contribution in [0.2, 0.25) is 0 Å². The van der Waals surface area contributed by atoms with E-state index in [1.54, 1.807) is 7.11 Å². The first kappa shape index (κ1) is 18.1. The number of ether oxygens (including phenoxy) is 1. The van der Waals surface area contributed by atoms with Crippen molar-refractivity contribution < 1.29 is 9.84 Å². The van der Waals surface area contributed by atoms with Crippen LogP contribution in [-0.2, 0) is 4.74 Å². The zero-order chi connectivity index (χ0) is 17.8.